The number of phenols is 1. The van der Waals surface area contributed by atoms with Crippen LogP contribution in [0.5, 0.6) is 34.5 Å². The number of likely N-dealkylation sites (N-methyl/N-ethyl adjacent to an activating group) is 1. The Kier molecular flexibility index (Phi) is 5.24. The molecule has 0 aliphatic carbocycles. The zero-order valence-corrected chi connectivity index (χ0v) is 19.9. The minimum absolute atomic E-state index is 0.0695. The lowest BCUT2D eigenvalue weighted by molar-refractivity contribution is -0.922. The first-order valence-corrected chi connectivity index (χ1v) is 11.0. The third kappa shape index (κ3) is 3.14. The standard InChI is InChI=1S/C25H27NO8/c1-26(2)8-6-13-10-17-23(34-12-33-17)24(30-4)18(13)15(26)11-16(27)19-20(28)25(31-5)22-14(7-9-32-22)21(19)29-3/h7,9-10,15H,6,8,11-12H2,1-5H3/p+1/t15-/m0/s1. The zero-order chi connectivity index (χ0) is 24.2. The van der Waals surface area contributed by atoms with Gasteiger partial charge >= 0.3 is 0 Å². The van der Waals surface area contributed by atoms with Crippen LogP contribution in [0.25, 0.3) is 11.0 Å². The second-order valence-electron chi connectivity index (χ2n) is 9.07. The molecule has 3 heterocycles. The molecule has 0 unspecified atom stereocenters. The zero-order valence-electron chi connectivity index (χ0n) is 19.9. The first-order valence-electron chi connectivity index (χ1n) is 11.0. The van der Waals surface area contributed by atoms with E-state index in [2.05, 4.69) is 14.1 Å². The highest BCUT2D eigenvalue weighted by Crippen LogP contribution is 2.52. The van der Waals surface area contributed by atoms with Gasteiger partial charge in [0.1, 0.15) is 17.4 Å². The Morgan fingerprint density at radius 1 is 1.12 bits per heavy atom. The van der Waals surface area contributed by atoms with Gasteiger partial charge in [0.25, 0.3) is 0 Å². The van der Waals surface area contributed by atoms with Crippen molar-refractivity contribution in [2.24, 2.45) is 0 Å². The Balaban J connectivity index is 1.64. The minimum Gasteiger partial charge on any atom is -0.504 e. The molecule has 2 aliphatic heterocycles. The Morgan fingerprint density at radius 3 is 2.56 bits per heavy atom. The van der Waals surface area contributed by atoms with Gasteiger partial charge in [-0.1, -0.05) is 0 Å². The number of phenolic OH excluding ortho intramolecular Hbond substituents is 1. The average Bonchev–Trinajstić information content (AvgIpc) is 3.48. The van der Waals surface area contributed by atoms with Gasteiger partial charge in [0.2, 0.25) is 18.3 Å². The predicted molar refractivity (Wildman–Crippen MR) is 122 cm³/mol. The average molecular weight is 470 g/mol. The smallest absolute Gasteiger partial charge is 0.231 e. The van der Waals surface area contributed by atoms with E-state index in [0.717, 1.165) is 24.1 Å². The van der Waals surface area contributed by atoms with E-state index in [9.17, 15) is 9.90 Å². The first kappa shape index (κ1) is 22.2. The lowest BCUT2D eigenvalue weighted by Gasteiger charge is -2.43. The van der Waals surface area contributed by atoms with Gasteiger partial charge in [-0.25, -0.2) is 0 Å². The maximum absolute atomic E-state index is 13.8. The Labute approximate surface area is 196 Å². The van der Waals surface area contributed by atoms with E-state index in [1.165, 1.54) is 20.5 Å². The molecule has 180 valence electrons. The van der Waals surface area contributed by atoms with E-state index in [-0.39, 0.29) is 47.9 Å². The lowest BCUT2D eigenvalue weighted by Crippen LogP contribution is -2.48. The van der Waals surface area contributed by atoms with E-state index in [0.29, 0.717) is 32.7 Å². The molecule has 9 nitrogen and oxygen atoms in total. The van der Waals surface area contributed by atoms with Gasteiger partial charge in [0.05, 0.1) is 65.6 Å². The van der Waals surface area contributed by atoms with Crippen LogP contribution in [0.1, 0.15) is 33.9 Å². The number of nitrogens with zero attached hydrogens (tertiary/aromatic N) is 1. The predicted octanol–water partition coefficient (Wildman–Crippen LogP) is 3.84. The molecule has 1 aromatic heterocycles. The summed E-state index contributed by atoms with van der Waals surface area (Å²) in [5.41, 5.74) is 2.38. The number of rotatable bonds is 6. The number of ketones is 1. The Hall–Kier alpha value is -3.59. The SMILES string of the molecule is COc1c2c(cc3c1[C@H](CC(=O)c1c(O)c(OC)c4occc4c1OC)[N+](C)(C)CC3)OCO2. The van der Waals surface area contributed by atoms with Crippen LogP contribution in [0, 0.1) is 0 Å². The van der Waals surface area contributed by atoms with Crippen molar-refractivity contribution in [3.63, 3.8) is 0 Å². The van der Waals surface area contributed by atoms with E-state index in [4.69, 9.17) is 28.1 Å². The summed E-state index contributed by atoms with van der Waals surface area (Å²) in [5, 5.41) is 11.6. The van der Waals surface area contributed by atoms with Crippen molar-refractivity contribution in [3.8, 4) is 34.5 Å². The molecule has 34 heavy (non-hydrogen) atoms. The monoisotopic (exact) mass is 470 g/mol. The number of hydrogen-bond acceptors (Lipinski definition) is 8. The van der Waals surface area contributed by atoms with Crippen LogP contribution in [0.4, 0.5) is 0 Å². The highest BCUT2D eigenvalue weighted by molar-refractivity contribution is 6.09. The van der Waals surface area contributed by atoms with Gasteiger partial charge in [0.15, 0.2) is 28.6 Å². The van der Waals surface area contributed by atoms with Crippen molar-refractivity contribution in [2.45, 2.75) is 18.9 Å². The van der Waals surface area contributed by atoms with Crippen molar-refractivity contribution in [3.05, 3.63) is 35.1 Å². The van der Waals surface area contributed by atoms with Crippen molar-refractivity contribution < 1.29 is 42.5 Å². The van der Waals surface area contributed by atoms with Crippen LogP contribution in [-0.2, 0) is 6.42 Å². The number of carbonyl (C=O) groups excluding carboxylic acids is 1. The molecule has 3 aromatic rings. The summed E-state index contributed by atoms with van der Waals surface area (Å²) in [4.78, 5) is 13.8. The summed E-state index contributed by atoms with van der Waals surface area (Å²) >= 11 is 0. The van der Waals surface area contributed by atoms with Gasteiger partial charge in [-0.2, -0.15) is 0 Å². The number of benzene rings is 2. The fourth-order valence-corrected chi connectivity index (χ4v) is 5.18. The molecular formula is C25H28NO8+. The van der Waals surface area contributed by atoms with Gasteiger partial charge in [-0.05, 0) is 17.7 Å². The number of furan rings is 1. The molecule has 0 saturated carbocycles. The second-order valence-corrected chi connectivity index (χ2v) is 9.07. The number of aromatic hydroxyl groups is 1. The summed E-state index contributed by atoms with van der Waals surface area (Å²) in [6, 6.07) is 3.41. The summed E-state index contributed by atoms with van der Waals surface area (Å²) < 4.78 is 34.1. The van der Waals surface area contributed by atoms with Crippen molar-refractivity contribution in [1.29, 1.82) is 0 Å². The van der Waals surface area contributed by atoms with Crippen LogP contribution < -0.4 is 23.7 Å². The molecule has 9 heteroatoms. The van der Waals surface area contributed by atoms with Crippen LogP contribution in [0.15, 0.2) is 22.8 Å². The molecule has 0 amide bonds. The second kappa shape index (κ2) is 8.02. The number of fused-ring (bicyclic) bond motifs is 3. The van der Waals surface area contributed by atoms with Crippen LogP contribution in [0.2, 0.25) is 0 Å². The molecule has 0 saturated heterocycles. The molecule has 0 spiro atoms. The summed E-state index contributed by atoms with van der Waals surface area (Å²) in [7, 11) is 8.65. The van der Waals surface area contributed by atoms with Gasteiger partial charge < -0.3 is 37.7 Å². The lowest BCUT2D eigenvalue weighted by atomic mass is 9.85. The van der Waals surface area contributed by atoms with Gasteiger partial charge in [-0.3, -0.25) is 4.79 Å². The molecular weight excluding hydrogens is 442 g/mol. The molecule has 0 fully saturated rings. The summed E-state index contributed by atoms with van der Waals surface area (Å²) in [6.45, 7) is 0.951. The number of hydrogen-bond donors (Lipinski definition) is 1. The largest absolute Gasteiger partial charge is 0.504 e. The molecule has 1 atom stereocenters. The van der Waals surface area contributed by atoms with Crippen molar-refractivity contribution in [1.82, 2.24) is 0 Å². The number of quaternary nitrogens is 1. The van der Waals surface area contributed by atoms with Gasteiger partial charge in [0, 0.05) is 6.42 Å². The quantitative estimate of drug-likeness (QED) is 0.429. The van der Waals surface area contributed by atoms with E-state index in [1.807, 2.05) is 6.07 Å². The number of carbonyl (C=O) groups is 1. The maximum Gasteiger partial charge on any atom is 0.231 e. The summed E-state index contributed by atoms with van der Waals surface area (Å²) in [5.74, 6) is 1.58. The third-order valence-electron chi connectivity index (χ3n) is 6.94. The summed E-state index contributed by atoms with van der Waals surface area (Å²) in [6.07, 6.45) is 2.38. The van der Waals surface area contributed by atoms with E-state index in [1.54, 1.807) is 13.2 Å². The van der Waals surface area contributed by atoms with Crippen molar-refractivity contribution >= 4 is 16.8 Å². The first-order chi connectivity index (χ1) is 16.3. The van der Waals surface area contributed by atoms with E-state index < -0.39 is 0 Å². The maximum atomic E-state index is 13.8. The van der Waals surface area contributed by atoms with Crippen molar-refractivity contribution in [2.75, 3.05) is 48.8 Å². The number of methoxy groups -OCH3 is 3. The topological polar surface area (TPSA) is 96.6 Å². The van der Waals surface area contributed by atoms with Crippen LogP contribution >= 0.6 is 0 Å². The minimum atomic E-state index is -0.300. The molecule has 1 N–H and O–H groups in total. The Bertz CT molecular complexity index is 1290. The molecule has 2 aromatic carbocycles. The number of ether oxygens (including phenoxy) is 5. The number of Topliss-reactive ketones (excluding diaryl/α,β-unsaturated/α-hetero) is 1. The highest BCUT2D eigenvalue weighted by atomic mass is 16.7. The van der Waals surface area contributed by atoms with Gasteiger partial charge in [-0.15, -0.1) is 0 Å². The van der Waals surface area contributed by atoms with E-state index >= 15 is 0 Å². The third-order valence-corrected chi connectivity index (χ3v) is 6.94. The molecule has 2 aliphatic rings. The molecule has 5 rings (SSSR count). The Morgan fingerprint density at radius 2 is 1.85 bits per heavy atom. The van der Waals surface area contributed by atoms with Crippen LogP contribution in [0.3, 0.4) is 0 Å². The molecule has 0 bridgehead atoms. The normalized spacial score (nSPS) is 18.0. The fraction of sp³-hybridized carbons (Fsp3) is 0.400. The highest BCUT2D eigenvalue weighted by Gasteiger charge is 2.43. The fourth-order valence-electron chi connectivity index (χ4n) is 5.18. The molecule has 0 radical (unpaired) electrons. The van der Waals surface area contributed by atoms with Crippen LogP contribution in [-0.4, -0.2) is 64.1 Å².